The van der Waals surface area contributed by atoms with E-state index in [4.69, 9.17) is 0 Å². The first kappa shape index (κ1) is 9.72. The van der Waals surface area contributed by atoms with E-state index in [0.29, 0.717) is 0 Å². The van der Waals surface area contributed by atoms with E-state index in [0.717, 1.165) is 24.2 Å². The number of hydrogen-bond donors (Lipinski definition) is 0. The number of allylic oxidation sites excluding steroid dienone is 1. The number of nitrogens with zero attached hydrogens (tertiary/aromatic N) is 1. The van der Waals surface area contributed by atoms with Crippen LogP contribution in [0.3, 0.4) is 0 Å². The predicted octanol–water partition coefficient (Wildman–Crippen LogP) is 3.15. The Hall–Kier alpha value is -1.37. The first-order chi connectivity index (χ1) is 6.27. The van der Waals surface area contributed by atoms with Crippen LogP contribution in [0.15, 0.2) is 31.4 Å². The molecule has 0 bridgehead atoms. The lowest BCUT2D eigenvalue weighted by Crippen LogP contribution is -1.93. The molecule has 0 saturated heterocycles. The Bertz CT molecular complexity index is 313. The summed E-state index contributed by atoms with van der Waals surface area (Å²) in [6.45, 7) is 9.45. The van der Waals surface area contributed by atoms with Gasteiger partial charge in [-0.15, -0.1) is 6.58 Å². The van der Waals surface area contributed by atoms with E-state index < -0.39 is 0 Å². The second-order valence-electron chi connectivity index (χ2n) is 3.03. The molecule has 0 amide bonds. The maximum absolute atomic E-state index is 4.39. The average molecular weight is 173 g/mol. The van der Waals surface area contributed by atoms with Crippen molar-refractivity contribution in [3.05, 3.63) is 48.3 Å². The summed E-state index contributed by atoms with van der Waals surface area (Å²) in [5, 5.41) is 0. The minimum Gasteiger partial charge on any atom is -0.254 e. The predicted molar refractivity (Wildman–Crippen MR) is 57.6 cm³/mol. The van der Waals surface area contributed by atoms with Gasteiger partial charge in [-0.3, -0.25) is 4.98 Å². The van der Waals surface area contributed by atoms with Crippen LogP contribution >= 0.6 is 0 Å². The summed E-state index contributed by atoms with van der Waals surface area (Å²) >= 11 is 0. The van der Waals surface area contributed by atoms with Crippen LogP contribution in [0.4, 0.5) is 0 Å². The minimum atomic E-state index is 0.992. The number of rotatable bonds is 4. The van der Waals surface area contributed by atoms with Crippen molar-refractivity contribution >= 4 is 6.08 Å². The fourth-order valence-electron chi connectivity index (χ4n) is 1.25. The van der Waals surface area contributed by atoms with Crippen molar-refractivity contribution in [2.75, 3.05) is 0 Å². The minimum absolute atomic E-state index is 0.992. The number of hydrogen-bond acceptors (Lipinski definition) is 1. The summed E-state index contributed by atoms with van der Waals surface area (Å²) in [5.41, 5.74) is 3.29. The highest BCUT2D eigenvalue weighted by atomic mass is 14.7. The molecular formula is C12H15N. The van der Waals surface area contributed by atoms with Crippen LogP contribution in [0.5, 0.6) is 0 Å². The number of aryl methyl sites for hydroxylation is 2. The molecule has 1 aromatic rings. The molecule has 1 nitrogen and oxygen atoms in total. The van der Waals surface area contributed by atoms with Gasteiger partial charge in [0, 0.05) is 5.69 Å². The Labute approximate surface area is 79.8 Å². The zero-order valence-electron chi connectivity index (χ0n) is 8.09. The average Bonchev–Trinajstić information content (AvgIpc) is 2.16. The van der Waals surface area contributed by atoms with Crippen LogP contribution in [-0.2, 0) is 6.42 Å². The van der Waals surface area contributed by atoms with E-state index in [1.165, 1.54) is 5.56 Å². The van der Waals surface area contributed by atoms with Gasteiger partial charge in [0.25, 0.3) is 0 Å². The molecule has 0 spiro atoms. The quantitative estimate of drug-likeness (QED) is 0.637. The van der Waals surface area contributed by atoms with E-state index >= 15 is 0 Å². The van der Waals surface area contributed by atoms with Crippen molar-refractivity contribution in [3.63, 3.8) is 0 Å². The van der Waals surface area contributed by atoms with E-state index in [2.05, 4.69) is 24.2 Å². The van der Waals surface area contributed by atoms with Crippen LogP contribution in [-0.4, -0.2) is 4.98 Å². The van der Waals surface area contributed by atoms with Crippen LogP contribution in [0.25, 0.3) is 6.08 Å². The van der Waals surface area contributed by atoms with E-state index in [1.54, 1.807) is 0 Å². The van der Waals surface area contributed by atoms with Gasteiger partial charge in [0.05, 0.1) is 5.69 Å². The highest BCUT2D eigenvalue weighted by Crippen LogP contribution is 2.11. The van der Waals surface area contributed by atoms with Gasteiger partial charge in [-0.2, -0.15) is 0 Å². The van der Waals surface area contributed by atoms with Gasteiger partial charge < -0.3 is 0 Å². The highest BCUT2D eigenvalue weighted by molar-refractivity contribution is 5.47. The van der Waals surface area contributed by atoms with Crippen molar-refractivity contribution in [2.24, 2.45) is 0 Å². The molecule has 0 aliphatic heterocycles. The van der Waals surface area contributed by atoms with Crippen molar-refractivity contribution in [1.82, 2.24) is 4.98 Å². The molecule has 0 unspecified atom stereocenters. The maximum Gasteiger partial charge on any atom is 0.0659 e. The summed E-state index contributed by atoms with van der Waals surface area (Å²) in [7, 11) is 0. The van der Waals surface area contributed by atoms with Gasteiger partial charge in [0.15, 0.2) is 0 Å². The Kier molecular flexibility index (Phi) is 3.44. The van der Waals surface area contributed by atoms with Crippen LogP contribution in [0.2, 0.25) is 0 Å². The Balaban J connectivity index is 2.91. The standard InChI is InChI=1S/C12H15N/c1-4-6-7-11-9-8-10(3)13-12(11)5-2/h4-5,8-9H,1-2,6-7H2,3H3. The molecule has 13 heavy (non-hydrogen) atoms. The lowest BCUT2D eigenvalue weighted by molar-refractivity contribution is 0.975. The molecule has 1 heterocycles. The number of pyridine rings is 1. The maximum atomic E-state index is 4.39. The van der Waals surface area contributed by atoms with Gasteiger partial charge in [-0.1, -0.05) is 18.7 Å². The van der Waals surface area contributed by atoms with Crippen molar-refractivity contribution in [3.8, 4) is 0 Å². The van der Waals surface area contributed by atoms with Crippen LogP contribution in [0.1, 0.15) is 23.4 Å². The lowest BCUT2D eigenvalue weighted by atomic mass is 10.1. The Morgan fingerprint density at radius 1 is 1.38 bits per heavy atom. The molecule has 0 N–H and O–H groups in total. The van der Waals surface area contributed by atoms with Crippen molar-refractivity contribution in [1.29, 1.82) is 0 Å². The van der Waals surface area contributed by atoms with Gasteiger partial charge in [0.2, 0.25) is 0 Å². The first-order valence-corrected chi connectivity index (χ1v) is 4.47. The van der Waals surface area contributed by atoms with Gasteiger partial charge in [-0.05, 0) is 37.5 Å². The van der Waals surface area contributed by atoms with Crippen LogP contribution < -0.4 is 0 Å². The molecule has 68 valence electrons. The zero-order chi connectivity index (χ0) is 9.68. The third-order valence-electron chi connectivity index (χ3n) is 1.96. The summed E-state index contributed by atoms with van der Waals surface area (Å²) in [5.74, 6) is 0. The van der Waals surface area contributed by atoms with Crippen molar-refractivity contribution < 1.29 is 0 Å². The second kappa shape index (κ2) is 4.61. The Morgan fingerprint density at radius 2 is 2.15 bits per heavy atom. The Morgan fingerprint density at radius 3 is 2.77 bits per heavy atom. The molecule has 0 aliphatic carbocycles. The molecule has 0 radical (unpaired) electrons. The molecule has 0 saturated carbocycles. The fraction of sp³-hybridized carbons (Fsp3) is 0.250. The van der Waals surface area contributed by atoms with Gasteiger partial charge >= 0.3 is 0 Å². The van der Waals surface area contributed by atoms with Gasteiger partial charge in [0.1, 0.15) is 0 Å². The normalized spacial score (nSPS) is 9.62. The summed E-state index contributed by atoms with van der Waals surface area (Å²) in [4.78, 5) is 4.39. The van der Waals surface area contributed by atoms with Crippen molar-refractivity contribution in [2.45, 2.75) is 19.8 Å². The molecule has 0 aromatic carbocycles. The smallest absolute Gasteiger partial charge is 0.0659 e. The summed E-state index contributed by atoms with van der Waals surface area (Å²) in [6.07, 6.45) is 5.72. The first-order valence-electron chi connectivity index (χ1n) is 4.47. The topological polar surface area (TPSA) is 12.9 Å². The van der Waals surface area contributed by atoms with Crippen LogP contribution in [0, 0.1) is 6.92 Å². The van der Waals surface area contributed by atoms with E-state index in [9.17, 15) is 0 Å². The largest absolute Gasteiger partial charge is 0.254 e. The summed E-state index contributed by atoms with van der Waals surface area (Å²) in [6, 6.07) is 4.15. The summed E-state index contributed by atoms with van der Waals surface area (Å²) < 4.78 is 0. The molecule has 0 atom stereocenters. The monoisotopic (exact) mass is 173 g/mol. The fourth-order valence-corrected chi connectivity index (χ4v) is 1.25. The van der Waals surface area contributed by atoms with E-state index in [1.807, 2.05) is 25.1 Å². The molecule has 1 aromatic heterocycles. The lowest BCUT2D eigenvalue weighted by Gasteiger charge is -2.04. The molecule has 0 fully saturated rings. The van der Waals surface area contributed by atoms with E-state index in [-0.39, 0.29) is 0 Å². The van der Waals surface area contributed by atoms with Gasteiger partial charge in [-0.25, -0.2) is 0 Å². The molecular weight excluding hydrogens is 158 g/mol. The SMILES string of the molecule is C=CCCc1ccc(C)nc1C=C. The second-order valence-corrected chi connectivity index (χ2v) is 3.03. The third kappa shape index (κ3) is 2.55. The number of aromatic nitrogens is 1. The molecule has 0 aliphatic rings. The zero-order valence-corrected chi connectivity index (χ0v) is 8.09. The third-order valence-corrected chi connectivity index (χ3v) is 1.96. The molecule has 1 heteroatoms. The highest BCUT2D eigenvalue weighted by Gasteiger charge is 1.99. The molecule has 1 rings (SSSR count).